The van der Waals surface area contributed by atoms with Crippen LogP contribution < -0.4 is 10.6 Å². The van der Waals surface area contributed by atoms with E-state index in [-0.39, 0.29) is 11.3 Å². The fourth-order valence-electron chi connectivity index (χ4n) is 1.40. The number of hydrogen-bond acceptors (Lipinski definition) is 3. The van der Waals surface area contributed by atoms with Crippen molar-refractivity contribution in [2.24, 2.45) is 5.41 Å². The first-order valence-corrected chi connectivity index (χ1v) is 6.33. The van der Waals surface area contributed by atoms with Crippen LogP contribution in [0, 0.1) is 5.41 Å². The quantitative estimate of drug-likeness (QED) is 0.884. The molecule has 0 saturated heterocycles. The molecule has 0 fully saturated rings. The minimum absolute atomic E-state index is 0.142. The van der Waals surface area contributed by atoms with Crippen LogP contribution >= 0.6 is 11.6 Å². The Kier molecular flexibility index (Phi) is 4.96. The van der Waals surface area contributed by atoms with E-state index in [0.29, 0.717) is 22.9 Å². The van der Waals surface area contributed by atoms with Gasteiger partial charge in [0.2, 0.25) is 0 Å². The number of hydrogen-bond donors (Lipinski definition) is 2. The molecule has 0 aliphatic rings. The third-order valence-corrected chi connectivity index (χ3v) is 2.79. The molecule has 0 spiro atoms. The van der Waals surface area contributed by atoms with Gasteiger partial charge in [0.05, 0.1) is 10.6 Å². The summed E-state index contributed by atoms with van der Waals surface area (Å²) in [4.78, 5) is 15.9. The molecule has 5 heteroatoms. The Morgan fingerprint density at radius 2 is 2.11 bits per heavy atom. The Morgan fingerprint density at radius 1 is 1.44 bits per heavy atom. The van der Waals surface area contributed by atoms with Gasteiger partial charge in [-0.25, -0.2) is 4.98 Å². The summed E-state index contributed by atoms with van der Waals surface area (Å²) in [6.45, 7) is 7.06. The van der Waals surface area contributed by atoms with Crippen molar-refractivity contribution in [3.8, 4) is 0 Å². The zero-order valence-corrected chi connectivity index (χ0v) is 12.1. The van der Waals surface area contributed by atoms with E-state index in [1.807, 2.05) is 0 Å². The molecule has 0 saturated carbocycles. The molecule has 0 bridgehead atoms. The molecule has 0 aliphatic carbocycles. The van der Waals surface area contributed by atoms with E-state index in [0.717, 1.165) is 6.42 Å². The van der Waals surface area contributed by atoms with E-state index in [4.69, 9.17) is 11.6 Å². The van der Waals surface area contributed by atoms with Gasteiger partial charge in [0.15, 0.2) is 0 Å². The monoisotopic (exact) mass is 269 g/mol. The van der Waals surface area contributed by atoms with Crippen molar-refractivity contribution in [1.82, 2.24) is 10.3 Å². The Labute approximate surface area is 113 Å². The van der Waals surface area contributed by atoms with Gasteiger partial charge < -0.3 is 10.6 Å². The SMILES string of the molecule is CNc1ncc(C(=O)NCCC(C)(C)C)cc1Cl. The summed E-state index contributed by atoms with van der Waals surface area (Å²) in [6.07, 6.45) is 2.44. The third kappa shape index (κ3) is 4.53. The highest BCUT2D eigenvalue weighted by Gasteiger charge is 2.12. The summed E-state index contributed by atoms with van der Waals surface area (Å²) in [5.74, 6) is 0.430. The molecule has 0 aliphatic heterocycles. The summed E-state index contributed by atoms with van der Waals surface area (Å²) in [5, 5.41) is 6.16. The van der Waals surface area contributed by atoms with Gasteiger partial charge in [-0.15, -0.1) is 0 Å². The molecule has 0 aromatic carbocycles. The van der Waals surface area contributed by atoms with Crippen LogP contribution in [0.15, 0.2) is 12.3 Å². The number of rotatable bonds is 4. The molecular formula is C13H20ClN3O. The number of aromatic nitrogens is 1. The molecular weight excluding hydrogens is 250 g/mol. The van der Waals surface area contributed by atoms with Crippen molar-refractivity contribution in [1.29, 1.82) is 0 Å². The molecule has 1 aromatic rings. The zero-order chi connectivity index (χ0) is 13.8. The maximum absolute atomic E-state index is 11.9. The predicted octanol–water partition coefficient (Wildman–Crippen LogP) is 2.94. The summed E-state index contributed by atoms with van der Waals surface area (Å²) < 4.78 is 0. The highest BCUT2D eigenvalue weighted by molar-refractivity contribution is 6.33. The maximum atomic E-state index is 11.9. The minimum Gasteiger partial charge on any atom is -0.372 e. The van der Waals surface area contributed by atoms with E-state index < -0.39 is 0 Å². The number of carbonyl (C=O) groups is 1. The standard InChI is InChI=1S/C13H20ClN3O/c1-13(2,3)5-6-16-12(18)9-7-10(14)11(15-4)17-8-9/h7-8H,5-6H2,1-4H3,(H,15,17)(H,16,18). The number of nitrogens with zero attached hydrogens (tertiary/aromatic N) is 1. The molecule has 0 radical (unpaired) electrons. The second kappa shape index (κ2) is 6.05. The molecule has 2 N–H and O–H groups in total. The molecule has 1 heterocycles. The highest BCUT2D eigenvalue weighted by Crippen LogP contribution is 2.20. The van der Waals surface area contributed by atoms with Gasteiger partial charge in [-0.1, -0.05) is 32.4 Å². The van der Waals surface area contributed by atoms with Gasteiger partial charge in [0, 0.05) is 19.8 Å². The molecule has 0 unspecified atom stereocenters. The van der Waals surface area contributed by atoms with Gasteiger partial charge in [0.25, 0.3) is 5.91 Å². The van der Waals surface area contributed by atoms with E-state index in [1.54, 1.807) is 13.1 Å². The first-order chi connectivity index (χ1) is 8.33. The average Bonchev–Trinajstić information content (AvgIpc) is 2.27. The molecule has 1 rings (SSSR count). The first-order valence-electron chi connectivity index (χ1n) is 5.95. The Morgan fingerprint density at radius 3 is 2.61 bits per heavy atom. The van der Waals surface area contributed by atoms with Crippen LogP contribution in [0.1, 0.15) is 37.6 Å². The zero-order valence-electron chi connectivity index (χ0n) is 11.3. The van der Waals surface area contributed by atoms with Gasteiger partial charge in [-0.3, -0.25) is 4.79 Å². The van der Waals surface area contributed by atoms with Crippen molar-refractivity contribution in [2.75, 3.05) is 18.9 Å². The number of anilines is 1. The largest absolute Gasteiger partial charge is 0.372 e. The Hall–Kier alpha value is -1.29. The summed E-state index contributed by atoms with van der Waals surface area (Å²) in [5.41, 5.74) is 0.687. The van der Waals surface area contributed by atoms with Crippen molar-refractivity contribution >= 4 is 23.3 Å². The number of nitrogens with one attached hydrogen (secondary N) is 2. The topological polar surface area (TPSA) is 54.0 Å². The third-order valence-electron chi connectivity index (χ3n) is 2.50. The lowest BCUT2D eigenvalue weighted by Crippen LogP contribution is -2.27. The Bertz CT molecular complexity index is 427. The van der Waals surface area contributed by atoms with Gasteiger partial charge in [0.1, 0.15) is 5.82 Å². The van der Waals surface area contributed by atoms with Crippen LogP contribution in [0.25, 0.3) is 0 Å². The van der Waals surface area contributed by atoms with E-state index in [2.05, 4.69) is 36.4 Å². The van der Waals surface area contributed by atoms with Crippen molar-refractivity contribution in [3.63, 3.8) is 0 Å². The predicted molar refractivity (Wildman–Crippen MR) is 75.2 cm³/mol. The van der Waals surface area contributed by atoms with Crippen LogP contribution in [-0.2, 0) is 0 Å². The summed E-state index contributed by atoms with van der Waals surface area (Å²) in [6, 6.07) is 1.62. The number of halogens is 1. The smallest absolute Gasteiger partial charge is 0.252 e. The van der Waals surface area contributed by atoms with Crippen LogP contribution in [0.3, 0.4) is 0 Å². The van der Waals surface area contributed by atoms with Crippen molar-refractivity contribution in [3.05, 3.63) is 22.8 Å². The summed E-state index contributed by atoms with van der Waals surface area (Å²) in [7, 11) is 1.73. The van der Waals surface area contributed by atoms with Crippen LogP contribution in [-0.4, -0.2) is 24.5 Å². The van der Waals surface area contributed by atoms with Crippen molar-refractivity contribution in [2.45, 2.75) is 27.2 Å². The normalized spacial score (nSPS) is 11.2. The highest BCUT2D eigenvalue weighted by atomic mass is 35.5. The van der Waals surface area contributed by atoms with Gasteiger partial charge in [-0.2, -0.15) is 0 Å². The average molecular weight is 270 g/mol. The fourth-order valence-corrected chi connectivity index (χ4v) is 1.66. The maximum Gasteiger partial charge on any atom is 0.252 e. The lowest BCUT2D eigenvalue weighted by atomic mass is 9.92. The second-order valence-electron chi connectivity index (χ2n) is 5.37. The van der Waals surface area contributed by atoms with Crippen LogP contribution in [0.2, 0.25) is 5.02 Å². The molecule has 18 heavy (non-hydrogen) atoms. The fraction of sp³-hybridized carbons (Fsp3) is 0.538. The molecule has 1 aromatic heterocycles. The van der Waals surface area contributed by atoms with E-state index in [9.17, 15) is 4.79 Å². The second-order valence-corrected chi connectivity index (χ2v) is 5.78. The Balaban J connectivity index is 2.59. The summed E-state index contributed by atoms with van der Waals surface area (Å²) >= 11 is 5.98. The van der Waals surface area contributed by atoms with Crippen molar-refractivity contribution < 1.29 is 4.79 Å². The van der Waals surface area contributed by atoms with Crippen LogP contribution in [0.5, 0.6) is 0 Å². The molecule has 0 atom stereocenters. The minimum atomic E-state index is -0.142. The lowest BCUT2D eigenvalue weighted by Gasteiger charge is -2.18. The number of carbonyl (C=O) groups excluding carboxylic acids is 1. The molecule has 100 valence electrons. The van der Waals surface area contributed by atoms with E-state index >= 15 is 0 Å². The number of amides is 1. The molecule has 4 nitrogen and oxygen atoms in total. The molecule has 1 amide bonds. The lowest BCUT2D eigenvalue weighted by molar-refractivity contribution is 0.0949. The number of pyridine rings is 1. The van der Waals surface area contributed by atoms with E-state index in [1.165, 1.54) is 6.20 Å². The first kappa shape index (κ1) is 14.8. The van der Waals surface area contributed by atoms with Gasteiger partial charge >= 0.3 is 0 Å². The van der Waals surface area contributed by atoms with Crippen LogP contribution in [0.4, 0.5) is 5.82 Å². The van der Waals surface area contributed by atoms with Gasteiger partial charge in [-0.05, 0) is 17.9 Å².